The van der Waals surface area contributed by atoms with Gasteiger partial charge in [-0.3, -0.25) is 0 Å². The highest BCUT2D eigenvalue weighted by Crippen LogP contribution is 2.30. The van der Waals surface area contributed by atoms with Crippen LogP contribution >= 0.6 is 11.3 Å². The van der Waals surface area contributed by atoms with Gasteiger partial charge >= 0.3 is 0 Å². The van der Waals surface area contributed by atoms with E-state index in [2.05, 4.69) is 18.0 Å². The molecule has 3 nitrogen and oxygen atoms in total. The number of aromatic nitrogens is 1. The Balaban J connectivity index is 2.45. The second-order valence-corrected chi connectivity index (χ2v) is 5.19. The van der Waals surface area contributed by atoms with E-state index in [1.165, 1.54) is 4.88 Å². The predicted octanol–water partition coefficient (Wildman–Crippen LogP) is 2.89. The quantitative estimate of drug-likeness (QED) is 0.908. The van der Waals surface area contributed by atoms with Crippen molar-refractivity contribution < 1.29 is 4.74 Å². The lowest BCUT2D eigenvalue weighted by Gasteiger charge is -2.06. The highest BCUT2D eigenvalue weighted by molar-refractivity contribution is 7.12. The lowest BCUT2D eigenvalue weighted by molar-refractivity contribution is 0.412. The van der Waals surface area contributed by atoms with E-state index in [-0.39, 0.29) is 0 Å². The van der Waals surface area contributed by atoms with Crippen LogP contribution in [0.15, 0.2) is 18.2 Å². The van der Waals surface area contributed by atoms with Gasteiger partial charge in [-0.1, -0.05) is 0 Å². The Morgan fingerprint density at radius 3 is 2.65 bits per heavy atom. The van der Waals surface area contributed by atoms with E-state index in [0.29, 0.717) is 6.54 Å². The van der Waals surface area contributed by atoms with Crippen LogP contribution in [0.25, 0.3) is 11.3 Å². The monoisotopic (exact) mass is 248 g/mol. The maximum atomic E-state index is 5.61. The van der Waals surface area contributed by atoms with Gasteiger partial charge in [0.25, 0.3) is 0 Å². The number of hydrogen-bond donors (Lipinski definition) is 1. The number of benzene rings is 1. The first-order valence-electron chi connectivity index (χ1n) is 5.47. The van der Waals surface area contributed by atoms with E-state index < -0.39 is 0 Å². The first-order chi connectivity index (χ1) is 8.15. The van der Waals surface area contributed by atoms with E-state index in [9.17, 15) is 0 Å². The van der Waals surface area contributed by atoms with Crippen LogP contribution in [-0.4, -0.2) is 12.1 Å². The largest absolute Gasteiger partial charge is 0.496 e. The fourth-order valence-electron chi connectivity index (χ4n) is 1.83. The van der Waals surface area contributed by atoms with Gasteiger partial charge in [-0.15, -0.1) is 11.3 Å². The van der Waals surface area contributed by atoms with E-state index in [1.807, 2.05) is 19.1 Å². The molecule has 2 N–H and O–H groups in total. The molecule has 2 aromatic rings. The normalized spacial score (nSPS) is 10.6. The number of nitrogens with zero attached hydrogens (tertiary/aromatic N) is 1. The van der Waals surface area contributed by atoms with E-state index >= 15 is 0 Å². The molecule has 0 saturated carbocycles. The molecule has 0 amide bonds. The molecule has 0 atom stereocenters. The average Bonchev–Trinajstić information content (AvgIpc) is 2.70. The molecule has 0 unspecified atom stereocenters. The highest BCUT2D eigenvalue weighted by Gasteiger charge is 2.10. The topological polar surface area (TPSA) is 48.1 Å². The van der Waals surface area contributed by atoms with Gasteiger partial charge in [0.15, 0.2) is 0 Å². The third kappa shape index (κ3) is 2.33. The van der Waals surface area contributed by atoms with E-state index in [0.717, 1.165) is 27.6 Å². The fourth-order valence-corrected chi connectivity index (χ4v) is 2.67. The van der Waals surface area contributed by atoms with Gasteiger partial charge in [-0.25, -0.2) is 4.98 Å². The first-order valence-corrected chi connectivity index (χ1v) is 6.28. The summed E-state index contributed by atoms with van der Waals surface area (Å²) >= 11 is 1.66. The summed E-state index contributed by atoms with van der Waals surface area (Å²) in [5.41, 5.74) is 8.88. The van der Waals surface area contributed by atoms with Crippen molar-refractivity contribution in [1.29, 1.82) is 0 Å². The summed E-state index contributed by atoms with van der Waals surface area (Å²) in [5.74, 6) is 0.903. The molecule has 1 heterocycles. The summed E-state index contributed by atoms with van der Waals surface area (Å²) in [6.45, 7) is 4.61. The molecule has 0 radical (unpaired) electrons. The van der Waals surface area contributed by atoms with Crippen LogP contribution in [0.1, 0.15) is 15.4 Å². The Kier molecular flexibility index (Phi) is 3.45. The number of methoxy groups -OCH3 is 1. The zero-order chi connectivity index (χ0) is 12.4. The van der Waals surface area contributed by atoms with Crippen LogP contribution in [0.3, 0.4) is 0 Å². The summed E-state index contributed by atoms with van der Waals surface area (Å²) in [7, 11) is 1.68. The van der Waals surface area contributed by atoms with E-state index in [4.69, 9.17) is 10.5 Å². The molecule has 90 valence electrons. The van der Waals surface area contributed by atoms with Gasteiger partial charge in [-0.05, 0) is 37.6 Å². The Bertz CT molecular complexity index is 534. The summed E-state index contributed by atoms with van der Waals surface area (Å²) < 4.78 is 5.25. The summed E-state index contributed by atoms with van der Waals surface area (Å²) in [6.07, 6.45) is 0. The van der Waals surface area contributed by atoms with Crippen LogP contribution in [0.5, 0.6) is 5.75 Å². The molecule has 0 spiro atoms. The second kappa shape index (κ2) is 4.85. The van der Waals surface area contributed by atoms with Gasteiger partial charge in [0.05, 0.1) is 12.8 Å². The number of thiazole rings is 1. The highest BCUT2D eigenvalue weighted by atomic mass is 32.1. The molecule has 0 aliphatic carbocycles. The average molecular weight is 248 g/mol. The zero-order valence-corrected chi connectivity index (χ0v) is 11.1. The number of aryl methyl sites for hydroxylation is 2. The summed E-state index contributed by atoms with van der Waals surface area (Å²) in [6, 6.07) is 6.11. The molecule has 0 bridgehead atoms. The Hall–Kier alpha value is -1.39. The van der Waals surface area contributed by atoms with Crippen molar-refractivity contribution in [2.45, 2.75) is 20.4 Å². The van der Waals surface area contributed by atoms with Gasteiger partial charge in [-0.2, -0.15) is 0 Å². The minimum absolute atomic E-state index is 0.501. The molecule has 2 rings (SSSR count). The molecule has 1 aromatic carbocycles. The van der Waals surface area contributed by atoms with Crippen molar-refractivity contribution in [3.05, 3.63) is 33.6 Å². The van der Waals surface area contributed by atoms with Crippen molar-refractivity contribution in [2.75, 3.05) is 7.11 Å². The lowest BCUT2D eigenvalue weighted by Crippen LogP contribution is -1.94. The molecular weight excluding hydrogens is 232 g/mol. The van der Waals surface area contributed by atoms with Gasteiger partial charge < -0.3 is 10.5 Å². The Morgan fingerprint density at radius 2 is 2.12 bits per heavy atom. The minimum atomic E-state index is 0.501. The van der Waals surface area contributed by atoms with Crippen LogP contribution < -0.4 is 10.5 Å². The number of rotatable bonds is 3. The standard InChI is InChI=1S/C13H16N2OS/c1-8-6-10(4-5-11(8)16-3)13-9(2)17-12(7-14)15-13/h4-6H,7,14H2,1-3H3. The van der Waals surface area contributed by atoms with E-state index in [1.54, 1.807) is 18.4 Å². The van der Waals surface area contributed by atoms with Gasteiger partial charge in [0.1, 0.15) is 10.8 Å². The summed E-state index contributed by atoms with van der Waals surface area (Å²) in [5, 5.41) is 0.978. The van der Waals surface area contributed by atoms with Crippen molar-refractivity contribution in [2.24, 2.45) is 5.73 Å². The number of nitrogens with two attached hydrogens (primary N) is 1. The Labute approximate surface area is 105 Å². The summed E-state index contributed by atoms with van der Waals surface area (Å²) in [4.78, 5) is 5.75. The molecule has 0 fully saturated rings. The Morgan fingerprint density at radius 1 is 1.35 bits per heavy atom. The van der Waals surface area contributed by atoms with Crippen LogP contribution in [0.4, 0.5) is 0 Å². The first kappa shape index (κ1) is 12.1. The van der Waals surface area contributed by atoms with Crippen LogP contribution in [0.2, 0.25) is 0 Å². The number of hydrogen-bond acceptors (Lipinski definition) is 4. The van der Waals surface area contributed by atoms with Crippen LogP contribution in [-0.2, 0) is 6.54 Å². The predicted molar refractivity (Wildman–Crippen MR) is 71.5 cm³/mol. The fraction of sp³-hybridized carbons (Fsp3) is 0.308. The van der Waals surface area contributed by atoms with Crippen molar-refractivity contribution in [3.8, 4) is 17.0 Å². The zero-order valence-electron chi connectivity index (χ0n) is 10.3. The maximum Gasteiger partial charge on any atom is 0.121 e. The molecule has 1 aromatic heterocycles. The maximum absolute atomic E-state index is 5.61. The SMILES string of the molecule is COc1ccc(-c2nc(CN)sc2C)cc1C. The molecule has 0 aliphatic heterocycles. The molecule has 17 heavy (non-hydrogen) atoms. The molecule has 0 aliphatic rings. The second-order valence-electron chi connectivity index (χ2n) is 3.90. The van der Waals surface area contributed by atoms with Crippen molar-refractivity contribution in [3.63, 3.8) is 0 Å². The van der Waals surface area contributed by atoms with Gasteiger partial charge in [0.2, 0.25) is 0 Å². The lowest BCUT2D eigenvalue weighted by atomic mass is 10.1. The van der Waals surface area contributed by atoms with Crippen LogP contribution in [0, 0.1) is 13.8 Å². The number of ether oxygens (including phenoxy) is 1. The molecular formula is C13H16N2OS. The molecule has 4 heteroatoms. The molecule has 0 saturated heterocycles. The van der Waals surface area contributed by atoms with Gasteiger partial charge in [0, 0.05) is 17.0 Å². The smallest absolute Gasteiger partial charge is 0.121 e. The minimum Gasteiger partial charge on any atom is -0.496 e. The van der Waals surface area contributed by atoms with Crippen molar-refractivity contribution in [1.82, 2.24) is 4.98 Å². The van der Waals surface area contributed by atoms with Crippen molar-refractivity contribution >= 4 is 11.3 Å². The third-order valence-electron chi connectivity index (χ3n) is 2.68. The third-order valence-corrected chi connectivity index (χ3v) is 3.68.